The van der Waals surface area contributed by atoms with Gasteiger partial charge in [-0.25, -0.2) is 9.78 Å². The molecule has 3 heterocycles. The van der Waals surface area contributed by atoms with Crippen molar-refractivity contribution in [1.82, 2.24) is 28.7 Å². The molecule has 4 aromatic rings. The largest absolute Gasteiger partial charge is 0.332 e. The van der Waals surface area contributed by atoms with Crippen LogP contribution in [0.25, 0.3) is 28.1 Å². The first-order valence-electron chi connectivity index (χ1n) is 8.67. The van der Waals surface area contributed by atoms with Gasteiger partial charge in [0.25, 0.3) is 5.56 Å². The molecule has 0 bridgehead atoms. The summed E-state index contributed by atoms with van der Waals surface area (Å²) >= 11 is 7.49. The summed E-state index contributed by atoms with van der Waals surface area (Å²) in [5.41, 5.74) is 1.41. The molecule has 0 aliphatic heterocycles. The molecule has 3 aromatic heterocycles. The van der Waals surface area contributed by atoms with Gasteiger partial charge in [0, 0.05) is 30.4 Å². The van der Waals surface area contributed by atoms with Crippen LogP contribution >= 0.6 is 23.4 Å². The van der Waals surface area contributed by atoms with Gasteiger partial charge in [0.05, 0.1) is 0 Å². The van der Waals surface area contributed by atoms with Gasteiger partial charge in [-0.05, 0) is 31.2 Å². The molecule has 0 radical (unpaired) electrons. The molecule has 0 N–H and O–H groups in total. The summed E-state index contributed by atoms with van der Waals surface area (Å²) in [5, 5.41) is 9.96. The van der Waals surface area contributed by atoms with Crippen molar-refractivity contribution >= 4 is 40.0 Å². The highest BCUT2D eigenvalue weighted by Crippen LogP contribution is 2.28. The predicted molar refractivity (Wildman–Crippen MR) is 115 cm³/mol. The van der Waals surface area contributed by atoms with Crippen molar-refractivity contribution in [2.24, 2.45) is 14.1 Å². The Balaban J connectivity index is 2.17. The average Bonchev–Trinajstić information content (AvgIpc) is 3.12. The highest BCUT2D eigenvalue weighted by Gasteiger charge is 2.21. The number of nitrogens with zero attached hydrogens (tertiary/aromatic N) is 6. The highest BCUT2D eigenvalue weighted by molar-refractivity contribution is 7.99. The van der Waals surface area contributed by atoms with Crippen molar-refractivity contribution in [3.63, 3.8) is 0 Å². The molecule has 0 spiro atoms. The second-order valence-electron chi connectivity index (χ2n) is 6.73. The maximum Gasteiger partial charge on any atom is 0.332 e. The topological polar surface area (TPSA) is 87.1 Å². The number of aromatic nitrogens is 6. The van der Waals surface area contributed by atoms with Crippen molar-refractivity contribution in [3.05, 3.63) is 62.3 Å². The first-order chi connectivity index (χ1) is 13.8. The van der Waals surface area contributed by atoms with E-state index in [2.05, 4.69) is 21.8 Å². The third-order valence-corrected chi connectivity index (χ3v) is 5.88. The number of thioether (sulfide) groups is 1. The molecular weight excluding hydrogens is 412 g/mol. The molecule has 0 saturated heterocycles. The second kappa shape index (κ2) is 7.16. The van der Waals surface area contributed by atoms with Crippen molar-refractivity contribution in [2.45, 2.75) is 12.1 Å². The van der Waals surface area contributed by atoms with Crippen molar-refractivity contribution in [3.8, 4) is 11.4 Å². The number of aryl methyl sites for hydroxylation is 1. The third kappa shape index (κ3) is 3.16. The number of rotatable bonds is 4. The first kappa shape index (κ1) is 19.4. The molecule has 148 valence electrons. The SMILES string of the molecule is C=C(C)CSc1nnc2c3c(=O)n(C)c(=O)n(C)c3nc(-c3ccc(Cl)cc3)n12. The fourth-order valence-electron chi connectivity index (χ4n) is 3.01. The van der Waals surface area contributed by atoms with Crippen LogP contribution in [-0.4, -0.2) is 34.5 Å². The van der Waals surface area contributed by atoms with Gasteiger partial charge in [-0.1, -0.05) is 35.5 Å². The van der Waals surface area contributed by atoms with E-state index in [1.54, 1.807) is 23.6 Å². The quantitative estimate of drug-likeness (QED) is 0.367. The molecule has 0 amide bonds. The molecule has 8 nitrogen and oxygen atoms in total. The Labute approximate surface area is 174 Å². The smallest absolute Gasteiger partial charge is 0.280 e. The van der Waals surface area contributed by atoms with E-state index in [0.29, 0.717) is 27.4 Å². The predicted octanol–water partition coefficient (Wildman–Crippen LogP) is 2.66. The maximum atomic E-state index is 12.9. The van der Waals surface area contributed by atoms with Gasteiger partial charge < -0.3 is 0 Å². The van der Waals surface area contributed by atoms with Gasteiger partial charge in [0.2, 0.25) is 0 Å². The zero-order valence-corrected chi connectivity index (χ0v) is 17.6. The number of hydrogen-bond donors (Lipinski definition) is 0. The summed E-state index contributed by atoms with van der Waals surface area (Å²) in [4.78, 5) is 30.0. The van der Waals surface area contributed by atoms with Gasteiger partial charge in [-0.2, -0.15) is 0 Å². The molecule has 1 aromatic carbocycles. The van der Waals surface area contributed by atoms with Crippen molar-refractivity contribution in [1.29, 1.82) is 0 Å². The van der Waals surface area contributed by atoms with Crippen LogP contribution in [0.5, 0.6) is 0 Å². The molecule has 0 unspecified atom stereocenters. The Morgan fingerprint density at radius 3 is 2.45 bits per heavy atom. The molecule has 0 aliphatic carbocycles. The first-order valence-corrected chi connectivity index (χ1v) is 10.0. The molecule has 0 saturated carbocycles. The lowest BCUT2D eigenvalue weighted by molar-refractivity contribution is 0.706. The van der Waals surface area contributed by atoms with Crippen LogP contribution in [0.15, 0.2) is 51.2 Å². The summed E-state index contributed by atoms with van der Waals surface area (Å²) in [7, 11) is 3.01. The maximum absolute atomic E-state index is 12.9. The molecule has 0 aliphatic rings. The Morgan fingerprint density at radius 1 is 1.10 bits per heavy atom. The lowest BCUT2D eigenvalue weighted by Gasteiger charge is -2.12. The van der Waals surface area contributed by atoms with Crippen LogP contribution in [0.4, 0.5) is 0 Å². The normalized spacial score (nSPS) is 11.4. The number of halogens is 1. The van der Waals surface area contributed by atoms with Crippen LogP contribution < -0.4 is 11.2 Å². The van der Waals surface area contributed by atoms with Gasteiger partial charge in [-0.3, -0.25) is 18.3 Å². The van der Waals surface area contributed by atoms with E-state index < -0.39 is 11.2 Å². The monoisotopic (exact) mass is 428 g/mol. The van der Waals surface area contributed by atoms with E-state index in [-0.39, 0.29) is 11.0 Å². The minimum absolute atomic E-state index is 0.238. The van der Waals surface area contributed by atoms with Crippen LogP contribution in [0.3, 0.4) is 0 Å². The minimum atomic E-state index is -0.466. The number of hydrogen-bond acceptors (Lipinski definition) is 6. The van der Waals surface area contributed by atoms with E-state index >= 15 is 0 Å². The van der Waals surface area contributed by atoms with Crippen molar-refractivity contribution < 1.29 is 0 Å². The Morgan fingerprint density at radius 2 is 1.79 bits per heavy atom. The zero-order valence-electron chi connectivity index (χ0n) is 16.0. The summed E-state index contributed by atoms with van der Waals surface area (Å²) in [6.45, 7) is 5.85. The molecular formula is C19H17ClN6O2S. The lowest BCUT2D eigenvalue weighted by atomic mass is 10.2. The molecule has 0 fully saturated rings. The Kier molecular flexibility index (Phi) is 4.79. The average molecular weight is 429 g/mol. The molecule has 29 heavy (non-hydrogen) atoms. The second-order valence-corrected chi connectivity index (χ2v) is 8.11. The highest BCUT2D eigenvalue weighted by atomic mass is 35.5. The van der Waals surface area contributed by atoms with Crippen LogP contribution in [-0.2, 0) is 14.1 Å². The Hall–Kier alpha value is -2.91. The summed E-state index contributed by atoms with van der Waals surface area (Å²) < 4.78 is 4.12. The summed E-state index contributed by atoms with van der Waals surface area (Å²) in [6, 6.07) is 7.15. The minimum Gasteiger partial charge on any atom is -0.280 e. The number of fused-ring (bicyclic) bond motifs is 3. The molecule has 10 heteroatoms. The summed E-state index contributed by atoms with van der Waals surface area (Å²) in [6.07, 6.45) is 0. The van der Waals surface area contributed by atoms with Gasteiger partial charge >= 0.3 is 5.69 Å². The summed E-state index contributed by atoms with van der Waals surface area (Å²) in [5.74, 6) is 1.16. The van der Waals surface area contributed by atoms with Crippen molar-refractivity contribution in [2.75, 3.05) is 5.75 Å². The molecule has 0 atom stereocenters. The van der Waals surface area contributed by atoms with Gasteiger partial charge in [-0.15, -0.1) is 10.2 Å². The fourth-order valence-corrected chi connectivity index (χ4v) is 3.91. The zero-order chi connectivity index (χ0) is 20.9. The third-order valence-electron chi connectivity index (χ3n) is 4.46. The van der Waals surface area contributed by atoms with E-state index in [4.69, 9.17) is 11.6 Å². The van der Waals surface area contributed by atoms with Crippen LogP contribution in [0, 0.1) is 0 Å². The van der Waals surface area contributed by atoms with Gasteiger partial charge in [0.1, 0.15) is 11.2 Å². The van der Waals surface area contributed by atoms with Crippen LogP contribution in [0.2, 0.25) is 5.02 Å². The molecule has 4 rings (SSSR count). The van der Waals surface area contributed by atoms with E-state index in [1.165, 1.54) is 23.4 Å². The fraction of sp³-hybridized carbons (Fsp3) is 0.211. The number of benzene rings is 1. The van der Waals surface area contributed by atoms with E-state index in [0.717, 1.165) is 15.7 Å². The Bertz CT molecular complexity index is 1400. The van der Waals surface area contributed by atoms with Crippen LogP contribution in [0.1, 0.15) is 6.92 Å². The standard InChI is InChI=1S/C19H17ClN6O2S/c1-10(2)9-29-18-23-22-16-13-15(24(3)19(28)25(4)17(13)27)21-14(26(16)18)11-5-7-12(20)8-6-11/h5-8H,1,9H2,2-4H3. The van der Waals surface area contributed by atoms with Gasteiger partial charge in [0.15, 0.2) is 16.5 Å². The van der Waals surface area contributed by atoms with E-state index in [9.17, 15) is 9.59 Å². The van der Waals surface area contributed by atoms with E-state index in [1.807, 2.05) is 19.1 Å². The lowest BCUT2D eigenvalue weighted by Crippen LogP contribution is -2.37.